The summed E-state index contributed by atoms with van der Waals surface area (Å²) in [5.74, 6) is 5.65. The first-order valence-corrected chi connectivity index (χ1v) is 5.50. The van der Waals surface area contributed by atoms with E-state index in [1.54, 1.807) is 0 Å². The first-order valence-electron chi connectivity index (χ1n) is 5.50. The maximum Gasteiger partial charge on any atom is 0.0893 e. The molecule has 90 valence electrons. The van der Waals surface area contributed by atoms with E-state index in [2.05, 4.69) is 21.6 Å². The van der Waals surface area contributed by atoms with Crippen molar-refractivity contribution in [3.63, 3.8) is 0 Å². The smallest absolute Gasteiger partial charge is 0.0893 e. The number of aryl methyl sites for hydroxylation is 3. The van der Waals surface area contributed by atoms with Crippen LogP contribution in [0.3, 0.4) is 0 Å². The number of pyridine rings is 1. The van der Waals surface area contributed by atoms with Crippen molar-refractivity contribution in [2.45, 2.75) is 19.9 Å². The minimum Gasteiger partial charge on any atom is -0.271 e. The van der Waals surface area contributed by atoms with Crippen LogP contribution in [0.1, 0.15) is 28.6 Å². The van der Waals surface area contributed by atoms with Crippen molar-refractivity contribution in [1.82, 2.24) is 20.2 Å². The van der Waals surface area contributed by atoms with Crippen LogP contribution in [0.15, 0.2) is 24.5 Å². The van der Waals surface area contributed by atoms with Gasteiger partial charge in [-0.05, 0) is 31.0 Å². The monoisotopic (exact) mass is 231 g/mol. The molecular weight excluding hydrogens is 214 g/mol. The molecule has 2 aromatic heterocycles. The number of hydrogen-bond donors (Lipinski definition) is 2. The van der Waals surface area contributed by atoms with Crippen LogP contribution in [-0.2, 0) is 7.05 Å². The lowest BCUT2D eigenvalue weighted by atomic mass is 10.0. The molecule has 5 heteroatoms. The maximum absolute atomic E-state index is 5.65. The number of hydrogen-bond acceptors (Lipinski definition) is 4. The van der Waals surface area contributed by atoms with Crippen LogP contribution < -0.4 is 11.3 Å². The first-order chi connectivity index (χ1) is 8.11. The molecule has 0 fully saturated rings. The predicted molar refractivity (Wildman–Crippen MR) is 66.1 cm³/mol. The third-order valence-corrected chi connectivity index (χ3v) is 2.73. The highest BCUT2D eigenvalue weighted by molar-refractivity contribution is 5.28. The molecule has 0 aliphatic carbocycles. The molecule has 0 aliphatic heterocycles. The van der Waals surface area contributed by atoms with Crippen LogP contribution in [0, 0.1) is 13.8 Å². The van der Waals surface area contributed by atoms with Gasteiger partial charge in [0, 0.05) is 19.4 Å². The van der Waals surface area contributed by atoms with Crippen LogP contribution in [0.25, 0.3) is 0 Å². The average molecular weight is 231 g/mol. The van der Waals surface area contributed by atoms with E-state index in [1.807, 2.05) is 44.0 Å². The molecule has 0 amide bonds. The summed E-state index contributed by atoms with van der Waals surface area (Å²) in [7, 11) is 1.91. The molecular formula is C12H17N5. The lowest BCUT2D eigenvalue weighted by Gasteiger charge is -2.16. The summed E-state index contributed by atoms with van der Waals surface area (Å²) in [5, 5.41) is 4.33. The number of nitrogens with zero attached hydrogens (tertiary/aromatic N) is 3. The Hall–Kier alpha value is -1.72. The van der Waals surface area contributed by atoms with Crippen molar-refractivity contribution in [2.75, 3.05) is 0 Å². The Morgan fingerprint density at radius 3 is 2.59 bits per heavy atom. The summed E-state index contributed by atoms with van der Waals surface area (Å²) in [5.41, 5.74) is 6.97. The van der Waals surface area contributed by atoms with Crippen LogP contribution in [0.5, 0.6) is 0 Å². The Morgan fingerprint density at radius 2 is 2.06 bits per heavy atom. The van der Waals surface area contributed by atoms with Crippen molar-refractivity contribution in [3.05, 3.63) is 47.0 Å². The summed E-state index contributed by atoms with van der Waals surface area (Å²) >= 11 is 0. The van der Waals surface area contributed by atoms with Crippen molar-refractivity contribution in [3.8, 4) is 0 Å². The molecule has 3 N–H and O–H groups in total. The Bertz CT molecular complexity index is 517. The lowest BCUT2D eigenvalue weighted by Crippen LogP contribution is -2.30. The van der Waals surface area contributed by atoms with Crippen molar-refractivity contribution in [1.29, 1.82) is 0 Å². The molecule has 5 nitrogen and oxygen atoms in total. The third-order valence-electron chi connectivity index (χ3n) is 2.73. The van der Waals surface area contributed by atoms with E-state index in [0.29, 0.717) is 0 Å². The summed E-state index contributed by atoms with van der Waals surface area (Å²) in [4.78, 5) is 4.19. The van der Waals surface area contributed by atoms with Crippen LogP contribution in [0.2, 0.25) is 0 Å². The molecule has 0 radical (unpaired) electrons. The fraction of sp³-hybridized carbons (Fsp3) is 0.333. The average Bonchev–Trinajstić information content (AvgIpc) is 2.59. The van der Waals surface area contributed by atoms with E-state index in [-0.39, 0.29) is 6.04 Å². The predicted octanol–water partition coefficient (Wildman–Crippen LogP) is 0.985. The summed E-state index contributed by atoms with van der Waals surface area (Å²) in [6, 6.07) is 4.00. The normalized spacial score (nSPS) is 12.7. The van der Waals surface area contributed by atoms with E-state index in [1.165, 1.54) is 0 Å². The standard InChI is InChI=1S/C12H17N5/c1-8-4-10(7-14-6-8)12(15-13)11-5-9(2)16-17(11)3/h4-7,12,15H,13H2,1-3H3. The molecule has 0 spiro atoms. The maximum atomic E-state index is 5.65. The second kappa shape index (κ2) is 4.65. The van der Waals surface area contributed by atoms with Gasteiger partial charge in [0.05, 0.1) is 17.4 Å². The topological polar surface area (TPSA) is 68.8 Å². The molecule has 1 atom stereocenters. The van der Waals surface area contributed by atoms with Gasteiger partial charge in [-0.2, -0.15) is 5.10 Å². The number of rotatable bonds is 3. The molecule has 0 saturated carbocycles. The van der Waals surface area contributed by atoms with Crippen LogP contribution in [0.4, 0.5) is 0 Å². The van der Waals surface area contributed by atoms with Crippen molar-refractivity contribution < 1.29 is 0 Å². The zero-order chi connectivity index (χ0) is 12.4. The molecule has 2 aromatic rings. The van der Waals surface area contributed by atoms with E-state index >= 15 is 0 Å². The Labute approximate surface area is 101 Å². The minimum atomic E-state index is -0.0893. The van der Waals surface area contributed by atoms with Gasteiger partial charge in [-0.3, -0.25) is 15.5 Å². The van der Waals surface area contributed by atoms with Crippen LogP contribution in [-0.4, -0.2) is 14.8 Å². The van der Waals surface area contributed by atoms with Gasteiger partial charge in [-0.25, -0.2) is 5.43 Å². The second-order valence-electron chi connectivity index (χ2n) is 4.23. The largest absolute Gasteiger partial charge is 0.271 e. The first kappa shape index (κ1) is 11.8. The van der Waals surface area contributed by atoms with Gasteiger partial charge in [-0.15, -0.1) is 0 Å². The number of nitrogens with two attached hydrogens (primary N) is 1. The second-order valence-corrected chi connectivity index (χ2v) is 4.23. The van der Waals surface area contributed by atoms with Crippen LogP contribution >= 0.6 is 0 Å². The molecule has 2 rings (SSSR count). The van der Waals surface area contributed by atoms with Gasteiger partial charge in [0.1, 0.15) is 0 Å². The quantitative estimate of drug-likeness (QED) is 0.610. The van der Waals surface area contributed by atoms with Gasteiger partial charge in [0.15, 0.2) is 0 Å². The van der Waals surface area contributed by atoms with E-state index in [0.717, 1.165) is 22.5 Å². The Morgan fingerprint density at radius 1 is 1.29 bits per heavy atom. The van der Waals surface area contributed by atoms with E-state index in [4.69, 9.17) is 5.84 Å². The zero-order valence-corrected chi connectivity index (χ0v) is 10.3. The summed E-state index contributed by atoms with van der Waals surface area (Å²) < 4.78 is 1.84. The van der Waals surface area contributed by atoms with E-state index in [9.17, 15) is 0 Å². The molecule has 0 aromatic carbocycles. The highest BCUT2D eigenvalue weighted by Gasteiger charge is 2.17. The summed E-state index contributed by atoms with van der Waals surface area (Å²) in [6.07, 6.45) is 3.64. The van der Waals surface area contributed by atoms with Crippen molar-refractivity contribution in [2.24, 2.45) is 12.9 Å². The third kappa shape index (κ3) is 2.35. The molecule has 0 bridgehead atoms. The fourth-order valence-electron chi connectivity index (χ4n) is 1.99. The van der Waals surface area contributed by atoms with Gasteiger partial charge < -0.3 is 0 Å². The van der Waals surface area contributed by atoms with Gasteiger partial charge in [0.2, 0.25) is 0 Å². The van der Waals surface area contributed by atoms with E-state index < -0.39 is 0 Å². The van der Waals surface area contributed by atoms with Gasteiger partial charge in [0.25, 0.3) is 0 Å². The molecule has 1 unspecified atom stereocenters. The molecule has 17 heavy (non-hydrogen) atoms. The molecule has 0 aliphatic rings. The fourth-order valence-corrected chi connectivity index (χ4v) is 1.99. The number of nitrogens with one attached hydrogen (secondary N) is 1. The highest BCUT2D eigenvalue weighted by Crippen LogP contribution is 2.21. The lowest BCUT2D eigenvalue weighted by molar-refractivity contribution is 0.572. The summed E-state index contributed by atoms with van der Waals surface area (Å²) in [6.45, 7) is 3.98. The van der Waals surface area contributed by atoms with Gasteiger partial charge >= 0.3 is 0 Å². The van der Waals surface area contributed by atoms with Gasteiger partial charge in [-0.1, -0.05) is 6.07 Å². The Kier molecular flexibility index (Phi) is 3.21. The zero-order valence-electron chi connectivity index (χ0n) is 10.3. The minimum absolute atomic E-state index is 0.0893. The Balaban J connectivity index is 2.43. The number of hydrazine groups is 1. The highest BCUT2D eigenvalue weighted by atomic mass is 15.3. The van der Waals surface area contributed by atoms with Crippen molar-refractivity contribution >= 4 is 0 Å². The SMILES string of the molecule is Cc1cncc(C(NN)c2cc(C)nn2C)c1. The number of aromatic nitrogens is 3. The molecule has 0 saturated heterocycles. The molecule has 2 heterocycles.